The van der Waals surface area contributed by atoms with Crippen molar-refractivity contribution < 1.29 is 9.59 Å². The molecule has 1 saturated carbocycles. The molecule has 3 rings (SSSR count). The van der Waals surface area contributed by atoms with Gasteiger partial charge in [0.25, 0.3) is 5.91 Å². The van der Waals surface area contributed by atoms with Crippen LogP contribution >= 0.6 is 0 Å². The van der Waals surface area contributed by atoms with Crippen LogP contribution in [0.2, 0.25) is 0 Å². The molecule has 1 aromatic carbocycles. The number of carbonyl (C=O) groups excluding carboxylic acids is 2. The third-order valence-corrected chi connectivity index (χ3v) is 4.65. The van der Waals surface area contributed by atoms with Crippen LogP contribution in [0, 0.1) is 5.92 Å². The molecule has 2 aliphatic rings. The molecule has 0 radical (unpaired) electrons. The van der Waals surface area contributed by atoms with Crippen molar-refractivity contribution in [1.82, 2.24) is 10.6 Å². The smallest absolute Gasteiger partial charge is 0.251 e. The summed E-state index contributed by atoms with van der Waals surface area (Å²) < 4.78 is 0. The summed E-state index contributed by atoms with van der Waals surface area (Å²) in [6.07, 6.45) is 5.63. The summed E-state index contributed by atoms with van der Waals surface area (Å²) in [6.45, 7) is 1.20. The largest absolute Gasteiger partial charge is 0.355 e. The van der Waals surface area contributed by atoms with Gasteiger partial charge in [0.15, 0.2) is 0 Å². The van der Waals surface area contributed by atoms with Crippen molar-refractivity contribution in [2.75, 3.05) is 13.1 Å². The van der Waals surface area contributed by atoms with E-state index >= 15 is 0 Å². The van der Waals surface area contributed by atoms with Crippen molar-refractivity contribution in [2.24, 2.45) is 5.92 Å². The van der Waals surface area contributed by atoms with Gasteiger partial charge in [0, 0.05) is 30.5 Å². The van der Waals surface area contributed by atoms with Crippen LogP contribution < -0.4 is 10.6 Å². The van der Waals surface area contributed by atoms with E-state index in [0.717, 1.165) is 24.0 Å². The Morgan fingerprint density at radius 1 is 1.19 bits per heavy atom. The van der Waals surface area contributed by atoms with E-state index in [1.165, 1.54) is 19.3 Å². The fourth-order valence-corrected chi connectivity index (χ4v) is 3.40. The van der Waals surface area contributed by atoms with Crippen molar-refractivity contribution in [3.63, 3.8) is 0 Å². The molecule has 4 nitrogen and oxygen atoms in total. The van der Waals surface area contributed by atoms with Gasteiger partial charge in [-0.25, -0.2) is 0 Å². The third-order valence-electron chi connectivity index (χ3n) is 4.65. The Morgan fingerprint density at radius 2 is 1.95 bits per heavy atom. The van der Waals surface area contributed by atoms with Crippen LogP contribution in [-0.4, -0.2) is 24.9 Å². The molecule has 0 saturated heterocycles. The molecule has 4 heteroatoms. The summed E-state index contributed by atoms with van der Waals surface area (Å²) >= 11 is 0. The molecule has 21 heavy (non-hydrogen) atoms. The number of benzene rings is 1. The lowest BCUT2D eigenvalue weighted by molar-refractivity contribution is -0.125. The summed E-state index contributed by atoms with van der Waals surface area (Å²) in [5.41, 5.74) is 1.78. The Labute approximate surface area is 125 Å². The summed E-state index contributed by atoms with van der Waals surface area (Å²) in [5.74, 6) is 0.531. The molecule has 1 heterocycles. The predicted octanol–water partition coefficient (Wildman–Crippen LogP) is 2.21. The van der Waals surface area contributed by atoms with Crippen LogP contribution in [0.5, 0.6) is 0 Å². The maximum absolute atomic E-state index is 12.2. The summed E-state index contributed by atoms with van der Waals surface area (Å²) in [5, 5.41) is 5.99. The molecule has 1 atom stereocenters. The molecular weight excluding hydrogens is 264 g/mol. The highest BCUT2D eigenvalue weighted by Gasteiger charge is 2.26. The molecule has 0 aromatic heterocycles. The highest BCUT2D eigenvalue weighted by atomic mass is 16.2. The molecular formula is C17H22N2O2. The Bertz CT molecular complexity index is 535. The number of hydrogen-bond acceptors (Lipinski definition) is 2. The van der Waals surface area contributed by atoms with Crippen molar-refractivity contribution in [3.8, 4) is 0 Å². The van der Waals surface area contributed by atoms with E-state index in [1.807, 2.05) is 24.3 Å². The monoisotopic (exact) mass is 286 g/mol. The molecule has 0 bridgehead atoms. The second-order valence-electron chi connectivity index (χ2n) is 6.07. The summed E-state index contributed by atoms with van der Waals surface area (Å²) in [4.78, 5) is 24.0. The first kappa shape index (κ1) is 14.1. The van der Waals surface area contributed by atoms with Gasteiger partial charge >= 0.3 is 0 Å². The minimum Gasteiger partial charge on any atom is -0.355 e. The van der Waals surface area contributed by atoms with Crippen molar-refractivity contribution >= 4 is 11.8 Å². The van der Waals surface area contributed by atoms with Gasteiger partial charge in [0.05, 0.1) is 0 Å². The predicted molar refractivity (Wildman–Crippen MR) is 81.1 cm³/mol. The zero-order chi connectivity index (χ0) is 14.7. The zero-order valence-electron chi connectivity index (χ0n) is 12.2. The van der Waals surface area contributed by atoms with Crippen LogP contribution in [0.4, 0.5) is 0 Å². The third kappa shape index (κ3) is 3.09. The minimum atomic E-state index is -0.0135. The number of nitrogens with one attached hydrogen (secondary N) is 2. The lowest BCUT2D eigenvalue weighted by Crippen LogP contribution is -2.41. The van der Waals surface area contributed by atoms with Crippen molar-refractivity contribution in [3.05, 3.63) is 35.4 Å². The maximum Gasteiger partial charge on any atom is 0.251 e. The molecule has 112 valence electrons. The van der Waals surface area contributed by atoms with Gasteiger partial charge in [-0.2, -0.15) is 0 Å². The Kier molecular flexibility index (Phi) is 4.23. The fraction of sp³-hybridized carbons (Fsp3) is 0.529. The topological polar surface area (TPSA) is 58.2 Å². The van der Waals surface area contributed by atoms with Crippen LogP contribution in [0.25, 0.3) is 0 Å². The molecule has 0 spiro atoms. The van der Waals surface area contributed by atoms with Gasteiger partial charge in [-0.15, -0.1) is 0 Å². The van der Waals surface area contributed by atoms with Gasteiger partial charge in [-0.05, 0) is 24.5 Å². The van der Waals surface area contributed by atoms with E-state index in [-0.39, 0.29) is 23.7 Å². The van der Waals surface area contributed by atoms with Crippen LogP contribution in [0.1, 0.15) is 53.9 Å². The average Bonchev–Trinajstić information content (AvgIpc) is 2.55. The normalized spacial score (nSPS) is 22.3. The molecule has 1 fully saturated rings. The Hall–Kier alpha value is -1.84. The molecule has 2 N–H and O–H groups in total. The second-order valence-corrected chi connectivity index (χ2v) is 6.07. The molecule has 1 aliphatic carbocycles. The van der Waals surface area contributed by atoms with E-state index in [9.17, 15) is 9.59 Å². The van der Waals surface area contributed by atoms with Crippen LogP contribution in [-0.2, 0) is 4.79 Å². The first-order valence-corrected chi connectivity index (χ1v) is 7.90. The molecule has 1 aromatic rings. The number of amides is 2. The second kappa shape index (κ2) is 6.29. The highest BCUT2D eigenvalue weighted by molar-refractivity contribution is 5.97. The SMILES string of the molecule is O=C1NCC(CNC(=O)C2CCCCC2)c2ccccc21. The van der Waals surface area contributed by atoms with E-state index in [0.29, 0.717) is 13.1 Å². The first-order chi connectivity index (χ1) is 10.3. The van der Waals surface area contributed by atoms with E-state index < -0.39 is 0 Å². The standard InChI is InChI=1S/C17H22N2O2/c20-16(12-6-2-1-3-7-12)18-10-13-11-19-17(21)15-9-5-4-8-14(13)15/h4-5,8-9,12-13H,1-3,6-7,10-11H2,(H,18,20)(H,19,21). The lowest BCUT2D eigenvalue weighted by Gasteiger charge is -2.27. The molecule has 2 amide bonds. The Morgan fingerprint density at radius 3 is 2.76 bits per heavy atom. The first-order valence-electron chi connectivity index (χ1n) is 7.90. The van der Waals surface area contributed by atoms with Crippen molar-refractivity contribution in [1.29, 1.82) is 0 Å². The zero-order valence-corrected chi connectivity index (χ0v) is 12.2. The van der Waals surface area contributed by atoms with Gasteiger partial charge in [0.2, 0.25) is 5.91 Å². The number of fused-ring (bicyclic) bond motifs is 1. The fourth-order valence-electron chi connectivity index (χ4n) is 3.40. The highest BCUT2D eigenvalue weighted by Crippen LogP contribution is 2.25. The number of hydrogen-bond donors (Lipinski definition) is 2. The lowest BCUT2D eigenvalue weighted by atomic mass is 9.87. The van der Waals surface area contributed by atoms with E-state index in [1.54, 1.807) is 0 Å². The Balaban J connectivity index is 1.62. The van der Waals surface area contributed by atoms with Crippen LogP contribution in [0.15, 0.2) is 24.3 Å². The summed E-state index contributed by atoms with van der Waals surface area (Å²) in [6, 6.07) is 7.67. The molecule has 1 unspecified atom stereocenters. The number of rotatable bonds is 3. The maximum atomic E-state index is 12.2. The van der Waals surface area contributed by atoms with Gasteiger partial charge < -0.3 is 10.6 Å². The molecule has 1 aliphatic heterocycles. The summed E-state index contributed by atoms with van der Waals surface area (Å²) in [7, 11) is 0. The quantitative estimate of drug-likeness (QED) is 0.895. The van der Waals surface area contributed by atoms with E-state index in [4.69, 9.17) is 0 Å². The van der Waals surface area contributed by atoms with Gasteiger partial charge in [0.1, 0.15) is 0 Å². The van der Waals surface area contributed by atoms with Crippen molar-refractivity contribution in [2.45, 2.75) is 38.0 Å². The van der Waals surface area contributed by atoms with Crippen LogP contribution in [0.3, 0.4) is 0 Å². The average molecular weight is 286 g/mol. The van der Waals surface area contributed by atoms with E-state index in [2.05, 4.69) is 10.6 Å². The van der Waals surface area contributed by atoms with Gasteiger partial charge in [-0.1, -0.05) is 37.5 Å². The minimum absolute atomic E-state index is 0.0135. The van der Waals surface area contributed by atoms with Gasteiger partial charge in [-0.3, -0.25) is 9.59 Å². The number of carbonyl (C=O) groups is 2.